The molecule has 0 unspecified atom stereocenters. The molecule has 1 atom stereocenters. The van der Waals surface area contributed by atoms with Crippen molar-refractivity contribution in [1.29, 1.82) is 0 Å². The molecule has 0 spiro atoms. The van der Waals surface area contributed by atoms with Gasteiger partial charge in [0, 0.05) is 17.0 Å². The number of furan rings is 1. The van der Waals surface area contributed by atoms with Crippen LogP contribution in [-0.4, -0.2) is 44.4 Å². The first-order chi connectivity index (χ1) is 11.5. The number of nitrogens with one attached hydrogen (secondary N) is 1. The van der Waals surface area contributed by atoms with Crippen LogP contribution in [0.15, 0.2) is 34.9 Å². The number of benzene rings is 1. The second-order valence-electron chi connectivity index (χ2n) is 6.01. The molecule has 1 aliphatic heterocycles. The van der Waals surface area contributed by atoms with Gasteiger partial charge < -0.3 is 14.4 Å². The summed E-state index contributed by atoms with van der Waals surface area (Å²) < 4.78 is 5.63. The summed E-state index contributed by atoms with van der Waals surface area (Å²) in [5, 5.41) is 22.4. The first kappa shape index (κ1) is 15.2. The summed E-state index contributed by atoms with van der Waals surface area (Å²) in [6, 6.07) is 6.87. The lowest BCUT2D eigenvalue weighted by Gasteiger charge is -2.37. The van der Waals surface area contributed by atoms with Gasteiger partial charge in [-0.25, -0.2) is 0 Å². The summed E-state index contributed by atoms with van der Waals surface area (Å²) in [5.41, 5.74) is -0.154. The van der Waals surface area contributed by atoms with E-state index in [1.54, 1.807) is 29.2 Å². The van der Waals surface area contributed by atoms with E-state index in [-0.39, 0.29) is 18.2 Å². The van der Waals surface area contributed by atoms with Crippen LogP contribution < -0.4 is 0 Å². The van der Waals surface area contributed by atoms with Crippen molar-refractivity contribution in [2.45, 2.75) is 18.4 Å². The van der Waals surface area contributed by atoms with Crippen LogP contribution in [0.25, 0.3) is 11.0 Å². The van der Waals surface area contributed by atoms with E-state index in [0.29, 0.717) is 35.7 Å². The molecule has 0 aliphatic carbocycles. The summed E-state index contributed by atoms with van der Waals surface area (Å²) in [7, 11) is 0. The number of likely N-dealkylation sites (tertiary alicyclic amines) is 1. The van der Waals surface area contributed by atoms with E-state index < -0.39 is 5.60 Å². The molecule has 1 aromatic carbocycles. The highest BCUT2D eigenvalue weighted by Gasteiger charge is 2.39. The number of hydrogen-bond acceptors (Lipinski definition) is 5. The van der Waals surface area contributed by atoms with Crippen molar-refractivity contribution >= 4 is 28.5 Å². The first-order valence-electron chi connectivity index (χ1n) is 7.62. The lowest BCUT2D eigenvalue weighted by Crippen LogP contribution is -2.48. The molecule has 3 heterocycles. The van der Waals surface area contributed by atoms with E-state index in [9.17, 15) is 9.90 Å². The third-order valence-electron chi connectivity index (χ3n) is 4.34. The average Bonchev–Trinajstić information content (AvgIpc) is 3.23. The highest BCUT2D eigenvalue weighted by Crippen LogP contribution is 2.31. The van der Waals surface area contributed by atoms with Crippen LogP contribution >= 0.6 is 11.6 Å². The Bertz CT molecular complexity index is 892. The van der Waals surface area contributed by atoms with Gasteiger partial charge in [0.15, 0.2) is 5.76 Å². The number of aliphatic hydroxyl groups is 1. The third-order valence-corrected chi connectivity index (χ3v) is 4.57. The fourth-order valence-corrected chi connectivity index (χ4v) is 3.30. The molecule has 2 aromatic heterocycles. The van der Waals surface area contributed by atoms with Crippen molar-refractivity contribution in [3.63, 3.8) is 0 Å². The number of fused-ring (bicyclic) bond motifs is 1. The Morgan fingerprint density at radius 2 is 2.29 bits per heavy atom. The standard InChI is InChI=1S/C16H15ClN4O3/c17-11-2-3-12-10(6-11)7-13(24-12)15(22)21-5-1-4-16(23,9-21)14-8-18-20-19-14/h2-3,6-8,23H,1,4-5,9H2,(H,18,19,20)/t16-/m1/s1. The zero-order chi connectivity index (χ0) is 16.7. The maximum absolute atomic E-state index is 12.8. The molecule has 4 rings (SSSR count). The summed E-state index contributed by atoms with van der Waals surface area (Å²) in [6.07, 6.45) is 2.68. The predicted octanol–water partition coefficient (Wildman–Crippen LogP) is 2.33. The number of rotatable bonds is 2. The Balaban J connectivity index is 1.61. The van der Waals surface area contributed by atoms with E-state index in [0.717, 1.165) is 5.39 Å². The fraction of sp³-hybridized carbons (Fsp3) is 0.312. The van der Waals surface area contributed by atoms with Crippen LogP contribution in [0.1, 0.15) is 29.1 Å². The SMILES string of the molecule is O=C(c1cc2cc(Cl)ccc2o1)N1CCC[C@](O)(c2cn[nH]n2)C1. The molecule has 0 radical (unpaired) electrons. The van der Waals surface area contributed by atoms with Crippen LogP contribution in [0.5, 0.6) is 0 Å². The number of aromatic amines is 1. The topological polar surface area (TPSA) is 95.3 Å². The van der Waals surface area contributed by atoms with Crippen molar-refractivity contribution in [2.24, 2.45) is 0 Å². The maximum Gasteiger partial charge on any atom is 0.289 e. The molecule has 1 amide bonds. The highest BCUT2D eigenvalue weighted by molar-refractivity contribution is 6.31. The Labute approximate surface area is 142 Å². The minimum atomic E-state index is -1.20. The summed E-state index contributed by atoms with van der Waals surface area (Å²) in [6.45, 7) is 0.701. The number of β-amino-alcohol motifs (C(OH)–C–C–N with tert-alkyl or cyclic N) is 1. The lowest BCUT2D eigenvalue weighted by atomic mass is 9.90. The lowest BCUT2D eigenvalue weighted by molar-refractivity contribution is -0.0327. The quantitative estimate of drug-likeness (QED) is 0.742. The fourth-order valence-electron chi connectivity index (χ4n) is 3.12. The zero-order valence-corrected chi connectivity index (χ0v) is 13.5. The third kappa shape index (κ3) is 2.55. The molecule has 3 aromatic rings. The monoisotopic (exact) mass is 346 g/mol. The second-order valence-corrected chi connectivity index (χ2v) is 6.45. The second kappa shape index (κ2) is 5.61. The molecule has 7 nitrogen and oxygen atoms in total. The zero-order valence-electron chi connectivity index (χ0n) is 12.7. The molecule has 2 N–H and O–H groups in total. The molecular formula is C16H15ClN4O3. The van der Waals surface area contributed by atoms with Crippen molar-refractivity contribution in [3.05, 3.63) is 46.9 Å². The number of piperidine rings is 1. The Morgan fingerprint density at radius 3 is 3.08 bits per heavy atom. The maximum atomic E-state index is 12.8. The minimum absolute atomic E-state index is 0.149. The Morgan fingerprint density at radius 1 is 1.42 bits per heavy atom. The average molecular weight is 347 g/mol. The van der Waals surface area contributed by atoms with Gasteiger partial charge in [-0.3, -0.25) is 4.79 Å². The number of H-pyrrole nitrogens is 1. The van der Waals surface area contributed by atoms with Crippen molar-refractivity contribution in [3.8, 4) is 0 Å². The molecule has 124 valence electrons. The number of hydrogen-bond donors (Lipinski definition) is 2. The number of carbonyl (C=O) groups is 1. The normalized spacial score (nSPS) is 21.3. The molecule has 8 heteroatoms. The van der Waals surface area contributed by atoms with E-state index in [1.807, 2.05) is 0 Å². The smallest absolute Gasteiger partial charge is 0.289 e. The number of nitrogens with zero attached hydrogens (tertiary/aromatic N) is 3. The van der Waals surface area contributed by atoms with Crippen molar-refractivity contribution in [1.82, 2.24) is 20.3 Å². The van der Waals surface area contributed by atoms with Crippen LogP contribution in [0, 0.1) is 0 Å². The Hall–Kier alpha value is -2.38. The van der Waals surface area contributed by atoms with E-state index in [4.69, 9.17) is 16.0 Å². The van der Waals surface area contributed by atoms with Gasteiger partial charge in [0.25, 0.3) is 5.91 Å². The largest absolute Gasteiger partial charge is 0.451 e. The summed E-state index contributed by atoms with van der Waals surface area (Å²) in [4.78, 5) is 14.3. The van der Waals surface area contributed by atoms with E-state index in [1.165, 1.54) is 6.20 Å². The van der Waals surface area contributed by atoms with Gasteiger partial charge >= 0.3 is 0 Å². The van der Waals surface area contributed by atoms with Gasteiger partial charge in [-0.05, 0) is 37.1 Å². The summed E-state index contributed by atoms with van der Waals surface area (Å²) in [5.74, 6) is -0.0272. The number of halogens is 1. The number of amides is 1. The van der Waals surface area contributed by atoms with E-state index in [2.05, 4.69) is 15.4 Å². The van der Waals surface area contributed by atoms with Crippen LogP contribution in [0.3, 0.4) is 0 Å². The van der Waals surface area contributed by atoms with Gasteiger partial charge in [0.1, 0.15) is 16.9 Å². The molecular weight excluding hydrogens is 332 g/mol. The number of aromatic nitrogens is 3. The van der Waals surface area contributed by atoms with Gasteiger partial charge in [-0.15, -0.1) is 0 Å². The van der Waals surface area contributed by atoms with Crippen LogP contribution in [0.2, 0.25) is 5.02 Å². The van der Waals surface area contributed by atoms with Crippen LogP contribution in [-0.2, 0) is 5.60 Å². The molecule has 1 fully saturated rings. The first-order valence-corrected chi connectivity index (χ1v) is 8.00. The predicted molar refractivity (Wildman–Crippen MR) is 86.6 cm³/mol. The molecule has 24 heavy (non-hydrogen) atoms. The van der Waals surface area contributed by atoms with Gasteiger partial charge in [-0.1, -0.05) is 11.6 Å². The van der Waals surface area contributed by atoms with Gasteiger partial charge in [0.2, 0.25) is 0 Å². The number of carbonyl (C=O) groups excluding carboxylic acids is 1. The Kier molecular flexibility index (Phi) is 3.54. The molecule has 0 saturated carbocycles. The van der Waals surface area contributed by atoms with Crippen LogP contribution in [0.4, 0.5) is 0 Å². The molecule has 0 bridgehead atoms. The van der Waals surface area contributed by atoms with E-state index >= 15 is 0 Å². The molecule has 1 saturated heterocycles. The van der Waals surface area contributed by atoms with Gasteiger partial charge in [0.05, 0.1) is 12.7 Å². The minimum Gasteiger partial charge on any atom is -0.451 e. The molecule has 1 aliphatic rings. The van der Waals surface area contributed by atoms with Gasteiger partial charge in [-0.2, -0.15) is 15.4 Å². The van der Waals surface area contributed by atoms with Crippen molar-refractivity contribution < 1.29 is 14.3 Å². The van der Waals surface area contributed by atoms with Crippen molar-refractivity contribution in [2.75, 3.05) is 13.1 Å². The highest BCUT2D eigenvalue weighted by atomic mass is 35.5. The summed E-state index contributed by atoms with van der Waals surface area (Å²) >= 11 is 5.96.